The zero-order valence-electron chi connectivity index (χ0n) is 12.8. The van der Waals surface area contributed by atoms with Gasteiger partial charge in [-0.05, 0) is 31.7 Å². The van der Waals surface area contributed by atoms with Crippen molar-refractivity contribution in [1.82, 2.24) is 20.0 Å². The molecule has 0 radical (unpaired) electrons. The fourth-order valence-corrected chi connectivity index (χ4v) is 3.25. The normalized spacial score (nSPS) is 21.9. The molecular formula is C15H24N4O2. The van der Waals surface area contributed by atoms with Gasteiger partial charge in [0.15, 0.2) is 0 Å². The summed E-state index contributed by atoms with van der Waals surface area (Å²) in [4.78, 5) is 14.3. The number of urea groups is 1. The number of rotatable bonds is 3. The van der Waals surface area contributed by atoms with E-state index in [0.29, 0.717) is 0 Å². The highest BCUT2D eigenvalue weighted by molar-refractivity contribution is 5.74. The maximum Gasteiger partial charge on any atom is 0.317 e. The van der Waals surface area contributed by atoms with E-state index < -0.39 is 0 Å². The van der Waals surface area contributed by atoms with Crippen LogP contribution in [0.15, 0.2) is 12.3 Å². The first kappa shape index (κ1) is 14.4. The van der Waals surface area contributed by atoms with Gasteiger partial charge >= 0.3 is 6.03 Å². The van der Waals surface area contributed by atoms with Crippen LogP contribution in [0.1, 0.15) is 44.3 Å². The minimum atomic E-state index is 0.0147. The van der Waals surface area contributed by atoms with Gasteiger partial charge in [0.25, 0.3) is 0 Å². The standard InChI is InChI=1S/C15H24N4O2/c1-3-12(13-4-8-16-18(13)2)17-14(20)19-9-5-15(6-10-19)7-11-21-15/h4,8,12H,3,5-7,9-11H2,1-2H3,(H,17,20)/t12-/m1/s1. The fraction of sp³-hybridized carbons (Fsp3) is 0.733. The van der Waals surface area contributed by atoms with Gasteiger partial charge in [-0.15, -0.1) is 0 Å². The van der Waals surface area contributed by atoms with Crippen LogP contribution in [0, 0.1) is 0 Å². The van der Waals surface area contributed by atoms with Crippen LogP contribution in [0.4, 0.5) is 4.79 Å². The SMILES string of the molecule is CC[C@@H](NC(=O)N1CCC2(CCO2)CC1)c1ccnn1C. The van der Waals surface area contributed by atoms with Gasteiger partial charge in [0.2, 0.25) is 0 Å². The third-order valence-electron chi connectivity index (χ3n) is 4.85. The molecule has 21 heavy (non-hydrogen) atoms. The van der Waals surface area contributed by atoms with Crippen molar-refractivity contribution in [1.29, 1.82) is 0 Å². The van der Waals surface area contributed by atoms with Crippen LogP contribution in [-0.4, -0.2) is 46.0 Å². The molecule has 2 aliphatic rings. The number of nitrogens with one attached hydrogen (secondary N) is 1. The Hall–Kier alpha value is -1.56. The second-order valence-electron chi connectivity index (χ2n) is 6.06. The zero-order valence-corrected chi connectivity index (χ0v) is 12.8. The third kappa shape index (κ3) is 2.77. The summed E-state index contributed by atoms with van der Waals surface area (Å²) in [5.41, 5.74) is 1.13. The molecule has 116 valence electrons. The van der Waals surface area contributed by atoms with Crippen molar-refractivity contribution in [3.63, 3.8) is 0 Å². The van der Waals surface area contributed by atoms with Crippen LogP contribution < -0.4 is 5.32 Å². The molecule has 0 saturated carbocycles. The average molecular weight is 292 g/mol. The van der Waals surface area contributed by atoms with Crippen molar-refractivity contribution in [3.05, 3.63) is 18.0 Å². The molecule has 0 aromatic carbocycles. The summed E-state index contributed by atoms with van der Waals surface area (Å²) in [5.74, 6) is 0. The lowest BCUT2D eigenvalue weighted by Gasteiger charge is -2.47. The highest BCUT2D eigenvalue weighted by Gasteiger charge is 2.42. The van der Waals surface area contributed by atoms with E-state index >= 15 is 0 Å². The van der Waals surface area contributed by atoms with Crippen molar-refractivity contribution in [2.45, 2.75) is 44.2 Å². The second-order valence-corrected chi connectivity index (χ2v) is 6.06. The first-order valence-electron chi connectivity index (χ1n) is 7.81. The van der Waals surface area contributed by atoms with Gasteiger partial charge in [-0.1, -0.05) is 6.92 Å². The molecule has 1 atom stereocenters. The number of piperidine rings is 1. The largest absolute Gasteiger partial charge is 0.375 e. The summed E-state index contributed by atoms with van der Waals surface area (Å²) >= 11 is 0. The van der Waals surface area contributed by atoms with Gasteiger partial charge in [0, 0.05) is 26.3 Å². The molecule has 2 aliphatic heterocycles. The number of carbonyl (C=O) groups excluding carboxylic acids is 1. The van der Waals surface area contributed by atoms with E-state index in [-0.39, 0.29) is 17.7 Å². The quantitative estimate of drug-likeness (QED) is 0.924. The summed E-state index contributed by atoms with van der Waals surface area (Å²) in [5, 5.41) is 7.31. The Morgan fingerprint density at radius 3 is 2.67 bits per heavy atom. The Morgan fingerprint density at radius 2 is 2.19 bits per heavy atom. The van der Waals surface area contributed by atoms with Crippen LogP contribution in [0.2, 0.25) is 0 Å². The molecule has 2 saturated heterocycles. The third-order valence-corrected chi connectivity index (χ3v) is 4.85. The fourth-order valence-electron chi connectivity index (χ4n) is 3.25. The highest BCUT2D eigenvalue weighted by atomic mass is 16.5. The Bertz CT molecular complexity index is 500. The molecule has 0 bridgehead atoms. The molecular weight excluding hydrogens is 268 g/mol. The van der Waals surface area contributed by atoms with E-state index in [1.54, 1.807) is 6.20 Å². The molecule has 3 rings (SSSR count). The topological polar surface area (TPSA) is 59.4 Å². The molecule has 3 heterocycles. The van der Waals surface area contributed by atoms with E-state index in [2.05, 4.69) is 17.3 Å². The van der Waals surface area contributed by atoms with Crippen molar-refractivity contribution in [2.24, 2.45) is 7.05 Å². The number of hydrogen-bond donors (Lipinski definition) is 1. The minimum Gasteiger partial charge on any atom is -0.375 e. The summed E-state index contributed by atoms with van der Waals surface area (Å²) < 4.78 is 7.52. The molecule has 2 amide bonds. The van der Waals surface area contributed by atoms with Gasteiger partial charge < -0.3 is 15.0 Å². The van der Waals surface area contributed by atoms with E-state index in [4.69, 9.17) is 4.74 Å². The average Bonchev–Trinajstić information content (AvgIpc) is 2.89. The number of aromatic nitrogens is 2. The predicted octanol–water partition coefficient (Wildman–Crippen LogP) is 1.84. The Kier molecular flexibility index (Phi) is 3.89. The van der Waals surface area contributed by atoms with Gasteiger partial charge in [0.05, 0.1) is 23.9 Å². The lowest BCUT2D eigenvalue weighted by molar-refractivity contribution is -0.169. The number of hydrogen-bond acceptors (Lipinski definition) is 3. The molecule has 0 unspecified atom stereocenters. The highest BCUT2D eigenvalue weighted by Crippen LogP contribution is 2.36. The number of nitrogens with zero attached hydrogens (tertiary/aromatic N) is 3. The first-order chi connectivity index (χ1) is 10.1. The van der Waals surface area contributed by atoms with Crippen LogP contribution in [0.5, 0.6) is 0 Å². The maximum absolute atomic E-state index is 12.4. The van der Waals surface area contributed by atoms with Crippen LogP contribution in [0.3, 0.4) is 0 Å². The van der Waals surface area contributed by atoms with Crippen LogP contribution in [0.25, 0.3) is 0 Å². The van der Waals surface area contributed by atoms with Crippen LogP contribution >= 0.6 is 0 Å². The second kappa shape index (κ2) is 5.67. The lowest BCUT2D eigenvalue weighted by atomic mass is 9.84. The molecule has 1 N–H and O–H groups in total. The van der Waals surface area contributed by atoms with E-state index in [9.17, 15) is 4.79 Å². The first-order valence-corrected chi connectivity index (χ1v) is 7.81. The summed E-state index contributed by atoms with van der Waals surface area (Å²) in [6.45, 7) is 4.53. The Balaban J connectivity index is 1.57. The zero-order chi connectivity index (χ0) is 14.9. The number of carbonyl (C=O) groups is 1. The maximum atomic E-state index is 12.4. The van der Waals surface area contributed by atoms with Gasteiger partial charge in [-0.25, -0.2) is 4.79 Å². The lowest BCUT2D eigenvalue weighted by Crippen LogP contribution is -2.55. The smallest absolute Gasteiger partial charge is 0.317 e. The van der Waals surface area contributed by atoms with E-state index in [1.807, 2.05) is 22.7 Å². The Morgan fingerprint density at radius 1 is 1.48 bits per heavy atom. The molecule has 1 aromatic rings. The summed E-state index contributed by atoms with van der Waals surface area (Å²) in [7, 11) is 1.91. The van der Waals surface area contributed by atoms with Crippen molar-refractivity contribution in [3.8, 4) is 0 Å². The van der Waals surface area contributed by atoms with Crippen molar-refractivity contribution < 1.29 is 9.53 Å². The van der Waals surface area contributed by atoms with E-state index in [1.165, 1.54) is 0 Å². The monoisotopic (exact) mass is 292 g/mol. The number of likely N-dealkylation sites (tertiary alicyclic amines) is 1. The molecule has 6 nitrogen and oxygen atoms in total. The van der Waals surface area contributed by atoms with Crippen molar-refractivity contribution in [2.75, 3.05) is 19.7 Å². The minimum absolute atomic E-state index is 0.0147. The number of amides is 2. The summed E-state index contributed by atoms with van der Waals surface area (Å²) in [6.07, 6.45) is 5.69. The van der Waals surface area contributed by atoms with Gasteiger partial charge in [-0.3, -0.25) is 4.68 Å². The van der Waals surface area contributed by atoms with Crippen LogP contribution in [-0.2, 0) is 11.8 Å². The van der Waals surface area contributed by atoms with Gasteiger partial charge in [0.1, 0.15) is 0 Å². The molecule has 0 aliphatic carbocycles. The van der Waals surface area contributed by atoms with Crippen molar-refractivity contribution >= 4 is 6.03 Å². The van der Waals surface area contributed by atoms with Gasteiger partial charge in [-0.2, -0.15) is 5.10 Å². The molecule has 6 heteroatoms. The molecule has 2 fully saturated rings. The Labute approximate surface area is 125 Å². The number of ether oxygens (including phenoxy) is 1. The predicted molar refractivity (Wildman–Crippen MR) is 78.9 cm³/mol. The van der Waals surface area contributed by atoms with E-state index in [0.717, 1.165) is 51.1 Å². The number of aryl methyl sites for hydroxylation is 1. The molecule has 1 spiro atoms. The molecule has 1 aromatic heterocycles. The summed E-state index contributed by atoms with van der Waals surface area (Å²) in [6, 6.07) is 2.00.